The van der Waals surface area contributed by atoms with Gasteiger partial charge in [0.25, 0.3) is 0 Å². The Bertz CT molecular complexity index is 1260. The lowest BCUT2D eigenvalue weighted by Crippen LogP contribution is -2.12. The molecule has 1 atom stereocenters. The number of hydrogen-bond donors (Lipinski definition) is 0. The number of benzene rings is 3. The Morgan fingerprint density at radius 2 is 1.46 bits per heavy atom. The molecule has 0 bridgehead atoms. The van der Waals surface area contributed by atoms with Crippen LogP contribution in [-0.2, 0) is 25.4 Å². The standard InChI is InChI=1S/C30H27F7/c1-2-3-18-4-7-20(8-5-18)21-10-12-22(13-11-21)24-15-14-23(28(33)29(24)34)9-6-19-16-25(31)27(26(32)17-19)30(35,36)37/h4-5,7-8,12,14-17,21H,2-3,6,9-11,13H2,1H3. The van der Waals surface area contributed by atoms with Crippen LogP contribution >= 0.6 is 0 Å². The second-order valence-corrected chi connectivity index (χ2v) is 9.52. The Morgan fingerprint density at radius 3 is 2.03 bits per heavy atom. The van der Waals surface area contributed by atoms with Crippen LogP contribution in [0.3, 0.4) is 0 Å². The number of hydrogen-bond acceptors (Lipinski definition) is 0. The monoisotopic (exact) mass is 520 g/mol. The highest BCUT2D eigenvalue weighted by molar-refractivity contribution is 5.67. The van der Waals surface area contributed by atoms with Crippen molar-refractivity contribution in [2.75, 3.05) is 0 Å². The fourth-order valence-electron chi connectivity index (χ4n) is 4.98. The Balaban J connectivity index is 1.45. The van der Waals surface area contributed by atoms with Crippen molar-refractivity contribution in [3.63, 3.8) is 0 Å². The highest BCUT2D eigenvalue weighted by Crippen LogP contribution is 2.38. The summed E-state index contributed by atoms with van der Waals surface area (Å²) in [7, 11) is 0. The average molecular weight is 521 g/mol. The van der Waals surface area contributed by atoms with Crippen LogP contribution in [0.2, 0.25) is 0 Å². The van der Waals surface area contributed by atoms with E-state index in [4.69, 9.17) is 0 Å². The molecule has 0 heterocycles. The molecular formula is C30H27F7. The van der Waals surface area contributed by atoms with Gasteiger partial charge in [-0.25, -0.2) is 17.6 Å². The van der Waals surface area contributed by atoms with Gasteiger partial charge in [-0.05, 0) is 84.4 Å². The molecule has 0 aliphatic heterocycles. The van der Waals surface area contributed by atoms with Crippen molar-refractivity contribution in [3.05, 3.63) is 111 Å². The summed E-state index contributed by atoms with van der Waals surface area (Å²) in [6.07, 6.45) is 0.760. The number of halogens is 7. The molecule has 3 aromatic carbocycles. The molecule has 0 amide bonds. The van der Waals surface area contributed by atoms with Crippen molar-refractivity contribution in [2.24, 2.45) is 0 Å². The van der Waals surface area contributed by atoms with E-state index in [0.717, 1.165) is 31.3 Å². The number of rotatable bonds is 7. The number of aryl methyl sites for hydroxylation is 3. The van der Waals surface area contributed by atoms with Crippen LogP contribution in [0.25, 0.3) is 5.57 Å². The van der Waals surface area contributed by atoms with Gasteiger partial charge in [0.15, 0.2) is 11.6 Å². The molecule has 0 fully saturated rings. The smallest absolute Gasteiger partial charge is 0.206 e. The predicted octanol–water partition coefficient (Wildman–Crippen LogP) is 9.35. The first-order chi connectivity index (χ1) is 17.6. The summed E-state index contributed by atoms with van der Waals surface area (Å²) in [4.78, 5) is 0. The van der Waals surface area contributed by atoms with Crippen LogP contribution in [-0.4, -0.2) is 0 Å². The van der Waals surface area contributed by atoms with Gasteiger partial charge < -0.3 is 0 Å². The Hall–Kier alpha value is -3.09. The summed E-state index contributed by atoms with van der Waals surface area (Å²) in [5.41, 5.74) is 1.39. The molecule has 196 valence electrons. The van der Waals surface area contributed by atoms with Gasteiger partial charge in [-0.2, -0.15) is 13.2 Å². The second-order valence-electron chi connectivity index (χ2n) is 9.52. The Morgan fingerprint density at radius 1 is 0.784 bits per heavy atom. The second kappa shape index (κ2) is 11.1. The van der Waals surface area contributed by atoms with Gasteiger partial charge in [0.2, 0.25) is 0 Å². The molecule has 3 aromatic rings. The fourth-order valence-corrected chi connectivity index (χ4v) is 4.98. The molecule has 1 aliphatic carbocycles. The topological polar surface area (TPSA) is 0 Å². The maximum atomic E-state index is 15.0. The molecule has 1 unspecified atom stereocenters. The minimum absolute atomic E-state index is 0.0107. The lowest BCUT2D eigenvalue weighted by Gasteiger charge is -2.23. The first kappa shape index (κ1) is 27.0. The zero-order valence-corrected chi connectivity index (χ0v) is 20.4. The zero-order chi connectivity index (χ0) is 26.7. The quantitative estimate of drug-likeness (QED) is 0.272. The highest BCUT2D eigenvalue weighted by atomic mass is 19.4. The van der Waals surface area contributed by atoms with Gasteiger partial charge in [0, 0.05) is 5.56 Å². The van der Waals surface area contributed by atoms with Crippen LogP contribution in [0.1, 0.15) is 71.9 Å². The number of alkyl halides is 3. The molecule has 0 radical (unpaired) electrons. The molecule has 0 N–H and O–H groups in total. The van der Waals surface area contributed by atoms with Gasteiger partial charge in [-0.15, -0.1) is 0 Å². The lowest BCUT2D eigenvalue weighted by atomic mass is 9.82. The van der Waals surface area contributed by atoms with E-state index in [0.29, 0.717) is 24.5 Å². The Kier molecular flexibility index (Phi) is 8.10. The van der Waals surface area contributed by atoms with Crippen molar-refractivity contribution in [3.8, 4) is 0 Å². The summed E-state index contributed by atoms with van der Waals surface area (Å²) in [6.45, 7) is 2.14. The molecule has 7 heteroatoms. The molecule has 37 heavy (non-hydrogen) atoms. The van der Waals surface area contributed by atoms with Gasteiger partial charge >= 0.3 is 6.18 Å². The number of allylic oxidation sites excluding steroid dienone is 2. The first-order valence-electron chi connectivity index (χ1n) is 12.4. The van der Waals surface area contributed by atoms with E-state index in [9.17, 15) is 30.7 Å². The van der Waals surface area contributed by atoms with E-state index in [1.165, 1.54) is 23.3 Å². The zero-order valence-electron chi connectivity index (χ0n) is 20.4. The summed E-state index contributed by atoms with van der Waals surface area (Å²) < 4.78 is 95.7. The van der Waals surface area contributed by atoms with E-state index in [1.54, 1.807) is 0 Å². The van der Waals surface area contributed by atoms with E-state index >= 15 is 0 Å². The van der Waals surface area contributed by atoms with Crippen molar-refractivity contribution in [2.45, 2.75) is 64.0 Å². The van der Waals surface area contributed by atoms with Crippen molar-refractivity contribution in [1.29, 1.82) is 0 Å². The molecular weight excluding hydrogens is 493 g/mol. The van der Waals surface area contributed by atoms with Gasteiger partial charge in [-0.3, -0.25) is 0 Å². The summed E-state index contributed by atoms with van der Waals surface area (Å²) in [6, 6.07) is 12.6. The molecule has 0 saturated carbocycles. The van der Waals surface area contributed by atoms with Crippen molar-refractivity contribution in [1.82, 2.24) is 0 Å². The van der Waals surface area contributed by atoms with Crippen LogP contribution in [0.4, 0.5) is 30.7 Å². The molecule has 0 nitrogen and oxygen atoms in total. The Labute approximate surface area is 211 Å². The summed E-state index contributed by atoms with van der Waals surface area (Å²) >= 11 is 0. The van der Waals surface area contributed by atoms with Gasteiger partial charge in [-0.1, -0.05) is 55.8 Å². The van der Waals surface area contributed by atoms with E-state index in [1.807, 2.05) is 6.08 Å². The fraction of sp³-hybridized carbons (Fsp3) is 0.333. The molecule has 4 rings (SSSR count). The van der Waals surface area contributed by atoms with Crippen LogP contribution in [0.15, 0.2) is 54.6 Å². The van der Waals surface area contributed by atoms with Crippen LogP contribution in [0, 0.1) is 23.3 Å². The summed E-state index contributed by atoms with van der Waals surface area (Å²) in [5, 5.41) is 0. The maximum absolute atomic E-state index is 15.0. The molecule has 0 aromatic heterocycles. The van der Waals surface area contributed by atoms with Crippen molar-refractivity contribution >= 4 is 5.57 Å². The van der Waals surface area contributed by atoms with Crippen LogP contribution < -0.4 is 0 Å². The third-order valence-electron chi connectivity index (χ3n) is 6.98. The highest BCUT2D eigenvalue weighted by Gasteiger charge is 2.37. The van der Waals surface area contributed by atoms with Crippen LogP contribution in [0.5, 0.6) is 0 Å². The summed E-state index contributed by atoms with van der Waals surface area (Å²) in [5.74, 6) is -5.19. The normalized spacial score (nSPS) is 16.1. The maximum Gasteiger partial charge on any atom is 0.422 e. The third-order valence-corrected chi connectivity index (χ3v) is 6.98. The van der Waals surface area contributed by atoms with E-state index < -0.39 is 35.0 Å². The first-order valence-corrected chi connectivity index (χ1v) is 12.4. The van der Waals surface area contributed by atoms with E-state index in [-0.39, 0.29) is 29.5 Å². The minimum atomic E-state index is -5.16. The predicted molar refractivity (Wildman–Crippen MR) is 130 cm³/mol. The SMILES string of the molecule is CCCc1ccc(C2CC=C(c3ccc(CCc4cc(F)c(C(F)(F)F)c(F)c4)c(F)c3F)CC2)cc1. The average Bonchev–Trinajstić information content (AvgIpc) is 2.84. The minimum Gasteiger partial charge on any atom is -0.206 e. The van der Waals surface area contributed by atoms with Crippen molar-refractivity contribution < 1.29 is 30.7 Å². The lowest BCUT2D eigenvalue weighted by molar-refractivity contribution is -0.142. The largest absolute Gasteiger partial charge is 0.422 e. The van der Waals surface area contributed by atoms with Gasteiger partial charge in [0.1, 0.15) is 17.2 Å². The van der Waals surface area contributed by atoms with Gasteiger partial charge in [0.05, 0.1) is 0 Å². The van der Waals surface area contributed by atoms with E-state index in [2.05, 4.69) is 31.2 Å². The molecule has 0 spiro atoms. The molecule has 1 aliphatic rings. The third kappa shape index (κ3) is 6.08. The molecule has 0 saturated heterocycles.